The molecule has 0 radical (unpaired) electrons. The Bertz CT molecular complexity index is 954. The van der Waals surface area contributed by atoms with Gasteiger partial charge in [0.05, 0.1) is 0 Å². The SMILES string of the molecule is O=c1[nH]c(=O)n(C(C2CCCCC2)C2CCCCC2)c2nc(N3CCCCC3)[nH]c12. The third-order valence-corrected chi connectivity index (χ3v) is 7.79. The predicted molar refractivity (Wildman–Crippen MR) is 119 cm³/mol. The lowest BCUT2D eigenvalue weighted by atomic mass is 9.73. The summed E-state index contributed by atoms with van der Waals surface area (Å²) >= 11 is 0. The number of imidazole rings is 1. The van der Waals surface area contributed by atoms with E-state index in [-0.39, 0.29) is 17.3 Å². The second kappa shape index (κ2) is 8.60. The first kappa shape index (κ1) is 19.9. The highest BCUT2D eigenvalue weighted by Crippen LogP contribution is 2.43. The van der Waals surface area contributed by atoms with Crippen molar-refractivity contribution in [2.24, 2.45) is 11.8 Å². The van der Waals surface area contributed by atoms with Gasteiger partial charge in [-0.05, 0) is 56.8 Å². The summed E-state index contributed by atoms with van der Waals surface area (Å²) in [6, 6.07) is 0.148. The number of hydrogen-bond acceptors (Lipinski definition) is 4. The van der Waals surface area contributed by atoms with E-state index in [0.717, 1.165) is 31.9 Å². The van der Waals surface area contributed by atoms with Crippen molar-refractivity contribution in [3.63, 3.8) is 0 Å². The van der Waals surface area contributed by atoms with Gasteiger partial charge >= 0.3 is 5.69 Å². The molecule has 7 nitrogen and oxygen atoms in total. The molecule has 3 fully saturated rings. The summed E-state index contributed by atoms with van der Waals surface area (Å²) in [6.07, 6.45) is 15.8. The monoisotopic (exact) mass is 413 g/mol. The Morgan fingerprint density at radius 1 is 0.767 bits per heavy atom. The molecule has 0 bridgehead atoms. The van der Waals surface area contributed by atoms with Crippen LogP contribution in [0.2, 0.25) is 0 Å². The van der Waals surface area contributed by atoms with Gasteiger partial charge in [-0.25, -0.2) is 4.79 Å². The number of fused-ring (bicyclic) bond motifs is 1. The van der Waals surface area contributed by atoms with E-state index >= 15 is 0 Å². The van der Waals surface area contributed by atoms with E-state index in [9.17, 15) is 9.59 Å². The fourth-order valence-corrected chi connectivity index (χ4v) is 6.29. The maximum Gasteiger partial charge on any atom is 0.330 e. The molecular weight excluding hydrogens is 378 g/mol. The van der Waals surface area contributed by atoms with Gasteiger partial charge in [-0.15, -0.1) is 0 Å². The van der Waals surface area contributed by atoms with Gasteiger partial charge in [0.2, 0.25) is 5.95 Å². The first-order valence-corrected chi connectivity index (χ1v) is 12.2. The third kappa shape index (κ3) is 3.71. The molecule has 2 N–H and O–H groups in total. The Balaban J connectivity index is 1.62. The predicted octanol–water partition coefficient (Wildman–Crippen LogP) is 4.10. The fourth-order valence-electron chi connectivity index (χ4n) is 6.29. The number of piperidine rings is 1. The summed E-state index contributed by atoms with van der Waals surface area (Å²) in [5, 5.41) is 0. The number of aromatic amines is 2. The average molecular weight is 414 g/mol. The van der Waals surface area contributed by atoms with Gasteiger partial charge in [0.15, 0.2) is 11.2 Å². The molecule has 1 saturated heterocycles. The highest BCUT2D eigenvalue weighted by atomic mass is 16.2. The van der Waals surface area contributed by atoms with Gasteiger partial charge < -0.3 is 9.88 Å². The minimum atomic E-state index is -0.340. The molecule has 3 aliphatic rings. The second-order valence-corrected chi connectivity index (χ2v) is 9.72. The van der Waals surface area contributed by atoms with Crippen molar-refractivity contribution in [1.29, 1.82) is 0 Å². The smallest absolute Gasteiger partial charge is 0.330 e. The van der Waals surface area contributed by atoms with E-state index in [0.29, 0.717) is 23.0 Å². The van der Waals surface area contributed by atoms with Crippen molar-refractivity contribution in [3.8, 4) is 0 Å². The van der Waals surface area contributed by atoms with Crippen molar-refractivity contribution < 1.29 is 0 Å². The van der Waals surface area contributed by atoms with E-state index in [4.69, 9.17) is 4.98 Å². The molecule has 0 amide bonds. The second-order valence-electron chi connectivity index (χ2n) is 9.72. The first-order chi connectivity index (χ1) is 14.7. The number of H-pyrrole nitrogens is 2. The van der Waals surface area contributed by atoms with Crippen LogP contribution in [0, 0.1) is 11.8 Å². The van der Waals surface area contributed by atoms with Crippen molar-refractivity contribution in [1.82, 2.24) is 19.5 Å². The molecule has 7 heteroatoms. The average Bonchev–Trinajstić information content (AvgIpc) is 3.24. The Morgan fingerprint density at radius 3 is 1.93 bits per heavy atom. The molecule has 0 unspecified atom stereocenters. The molecule has 30 heavy (non-hydrogen) atoms. The lowest BCUT2D eigenvalue weighted by Crippen LogP contribution is -2.40. The highest BCUT2D eigenvalue weighted by Gasteiger charge is 2.35. The standard InChI is InChI=1S/C23H35N5O2/c29-21-18-20(25-22(24-18)27-14-8-3-9-15-27)28(23(30)26-21)19(16-10-4-1-5-11-16)17-12-6-2-7-13-17/h16-17,19H,1-15H2,(H,24,25)(H,26,29,30). The van der Waals surface area contributed by atoms with Crippen LogP contribution in [0.4, 0.5) is 5.95 Å². The third-order valence-electron chi connectivity index (χ3n) is 7.79. The lowest BCUT2D eigenvalue weighted by Gasteiger charge is -2.38. The number of nitrogens with one attached hydrogen (secondary N) is 2. The molecular formula is C23H35N5O2. The van der Waals surface area contributed by atoms with Crippen LogP contribution < -0.4 is 16.1 Å². The zero-order valence-corrected chi connectivity index (χ0v) is 18.0. The summed E-state index contributed by atoms with van der Waals surface area (Å²) in [5.74, 6) is 1.76. The van der Waals surface area contributed by atoms with Crippen LogP contribution >= 0.6 is 0 Å². The van der Waals surface area contributed by atoms with Crippen LogP contribution in [0.15, 0.2) is 9.59 Å². The van der Waals surface area contributed by atoms with Crippen LogP contribution in [-0.4, -0.2) is 32.6 Å². The molecule has 1 aliphatic heterocycles. The zero-order chi connectivity index (χ0) is 20.5. The molecule has 0 aromatic carbocycles. The van der Waals surface area contributed by atoms with Crippen molar-refractivity contribution >= 4 is 17.1 Å². The van der Waals surface area contributed by atoms with Crippen LogP contribution in [0.3, 0.4) is 0 Å². The summed E-state index contributed by atoms with van der Waals surface area (Å²) < 4.78 is 1.90. The minimum Gasteiger partial charge on any atom is -0.342 e. The molecule has 0 spiro atoms. The van der Waals surface area contributed by atoms with Gasteiger partial charge in [-0.2, -0.15) is 4.98 Å². The van der Waals surface area contributed by atoms with Crippen molar-refractivity contribution in [2.75, 3.05) is 18.0 Å². The van der Waals surface area contributed by atoms with E-state index in [1.807, 2.05) is 4.57 Å². The van der Waals surface area contributed by atoms with Crippen LogP contribution in [-0.2, 0) is 0 Å². The maximum absolute atomic E-state index is 13.2. The van der Waals surface area contributed by atoms with Gasteiger partial charge in [0, 0.05) is 19.1 Å². The molecule has 2 aromatic rings. The summed E-state index contributed by atoms with van der Waals surface area (Å²) in [7, 11) is 0. The van der Waals surface area contributed by atoms with E-state index in [1.165, 1.54) is 70.6 Å². The van der Waals surface area contributed by atoms with Crippen LogP contribution in [0.5, 0.6) is 0 Å². The summed E-state index contributed by atoms with van der Waals surface area (Å²) in [6.45, 7) is 1.91. The fraction of sp³-hybridized carbons (Fsp3) is 0.783. The molecule has 2 aliphatic carbocycles. The van der Waals surface area contributed by atoms with E-state index in [1.54, 1.807) is 0 Å². The number of aromatic nitrogens is 4. The summed E-state index contributed by atoms with van der Waals surface area (Å²) in [5.41, 5.74) is 0.427. The van der Waals surface area contributed by atoms with Crippen LogP contribution in [0.25, 0.3) is 11.2 Å². The number of nitrogens with zero attached hydrogens (tertiary/aromatic N) is 3. The van der Waals surface area contributed by atoms with Crippen molar-refractivity contribution in [2.45, 2.75) is 89.5 Å². The van der Waals surface area contributed by atoms with Gasteiger partial charge in [-0.3, -0.25) is 14.3 Å². The number of rotatable bonds is 4. The van der Waals surface area contributed by atoms with Gasteiger partial charge in [-0.1, -0.05) is 38.5 Å². The Hall–Kier alpha value is -2.05. The van der Waals surface area contributed by atoms with Crippen LogP contribution in [0.1, 0.15) is 89.5 Å². The first-order valence-electron chi connectivity index (χ1n) is 12.2. The summed E-state index contributed by atoms with van der Waals surface area (Å²) in [4.78, 5) is 38.9. The Labute approximate surface area is 177 Å². The number of anilines is 1. The number of hydrogen-bond donors (Lipinski definition) is 2. The van der Waals surface area contributed by atoms with Gasteiger partial charge in [0.1, 0.15) is 0 Å². The minimum absolute atomic E-state index is 0.148. The largest absolute Gasteiger partial charge is 0.342 e. The van der Waals surface area contributed by atoms with Crippen molar-refractivity contribution in [3.05, 3.63) is 20.8 Å². The molecule has 5 rings (SSSR count). The van der Waals surface area contributed by atoms with E-state index < -0.39 is 0 Å². The molecule has 0 atom stereocenters. The zero-order valence-electron chi connectivity index (χ0n) is 18.0. The Morgan fingerprint density at radius 2 is 1.33 bits per heavy atom. The molecule has 164 valence electrons. The molecule has 2 aromatic heterocycles. The quantitative estimate of drug-likeness (QED) is 0.790. The van der Waals surface area contributed by atoms with Gasteiger partial charge in [0.25, 0.3) is 5.56 Å². The maximum atomic E-state index is 13.2. The normalized spacial score (nSPS) is 22.2. The molecule has 3 heterocycles. The highest BCUT2D eigenvalue weighted by molar-refractivity contribution is 5.73. The topological polar surface area (TPSA) is 86.8 Å². The Kier molecular flexibility index (Phi) is 5.70. The van der Waals surface area contributed by atoms with E-state index in [2.05, 4.69) is 14.9 Å². The molecule has 2 saturated carbocycles. The lowest BCUT2D eigenvalue weighted by molar-refractivity contribution is 0.148.